The van der Waals surface area contributed by atoms with Crippen LogP contribution in [-0.4, -0.2) is 53.7 Å². The number of benzene rings is 2. The number of amides is 2. The summed E-state index contributed by atoms with van der Waals surface area (Å²) in [5.41, 5.74) is 3.70. The SMILES string of the molecule is O=C(/C=C/c1cnc(NC2CCN(C(=O)c3ccc(Oc4ccccc4)cc3)CC2)c(Cl)c1)NOC1CCCCO1. The van der Waals surface area contributed by atoms with Gasteiger partial charge in [-0.05, 0) is 79.8 Å². The predicted octanol–water partition coefficient (Wildman–Crippen LogP) is 5.83. The summed E-state index contributed by atoms with van der Waals surface area (Å²) in [6, 6.07) is 18.6. The van der Waals surface area contributed by atoms with E-state index in [2.05, 4.69) is 15.8 Å². The Hall–Kier alpha value is -3.92. The lowest BCUT2D eigenvalue weighted by molar-refractivity contribution is -0.198. The number of aromatic nitrogens is 1. The molecule has 9 nitrogen and oxygen atoms in total. The van der Waals surface area contributed by atoms with Crippen molar-refractivity contribution in [1.29, 1.82) is 0 Å². The fourth-order valence-electron chi connectivity index (χ4n) is 4.68. The van der Waals surface area contributed by atoms with E-state index in [4.69, 9.17) is 25.9 Å². The number of carbonyl (C=O) groups is 2. The van der Waals surface area contributed by atoms with Gasteiger partial charge in [0, 0.05) is 50.0 Å². The summed E-state index contributed by atoms with van der Waals surface area (Å²) in [4.78, 5) is 36.7. The Kier molecular flexibility index (Phi) is 9.85. The van der Waals surface area contributed by atoms with E-state index < -0.39 is 12.2 Å². The molecule has 5 rings (SSSR count). The van der Waals surface area contributed by atoms with Gasteiger partial charge in [0.2, 0.25) is 0 Å². The Labute approximate surface area is 244 Å². The Balaban J connectivity index is 1.06. The number of nitrogens with one attached hydrogen (secondary N) is 2. The molecule has 1 aromatic heterocycles. The number of para-hydroxylation sites is 1. The molecule has 2 aliphatic rings. The Morgan fingerprint density at radius 2 is 1.76 bits per heavy atom. The molecule has 10 heteroatoms. The molecule has 2 aliphatic heterocycles. The number of nitrogens with zero attached hydrogens (tertiary/aromatic N) is 2. The maximum absolute atomic E-state index is 13.0. The van der Waals surface area contributed by atoms with E-state index in [9.17, 15) is 9.59 Å². The van der Waals surface area contributed by atoms with Gasteiger partial charge in [-0.1, -0.05) is 29.8 Å². The van der Waals surface area contributed by atoms with Gasteiger partial charge in [0.05, 0.1) is 5.02 Å². The Bertz CT molecular complexity index is 1340. The number of hydroxylamine groups is 1. The van der Waals surface area contributed by atoms with Crippen LogP contribution in [0.1, 0.15) is 48.0 Å². The first kappa shape index (κ1) is 28.6. The number of pyridine rings is 1. The number of piperidine rings is 1. The standard InChI is InChI=1S/C31H33ClN4O5/c32-27-20-22(9-14-28(37)35-41-29-8-4-5-19-39-29)21-33-30(27)34-24-15-17-36(18-16-24)31(38)23-10-12-26(13-11-23)40-25-6-2-1-3-7-25/h1-3,6-7,9-14,20-21,24,29H,4-5,8,15-19H2,(H,33,34)(H,35,37)/b14-9+. The molecule has 2 amide bonds. The highest BCUT2D eigenvalue weighted by atomic mass is 35.5. The highest BCUT2D eigenvalue weighted by Gasteiger charge is 2.24. The number of rotatable bonds is 9. The lowest BCUT2D eigenvalue weighted by Crippen LogP contribution is -2.42. The van der Waals surface area contributed by atoms with Crippen molar-refractivity contribution in [3.05, 3.63) is 89.1 Å². The number of ether oxygens (including phenoxy) is 2. The molecule has 41 heavy (non-hydrogen) atoms. The molecule has 1 atom stereocenters. The van der Waals surface area contributed by atoms with Crippen molar-refractivity contribution in [2.45, 2.75) is 44.4 Å². The van der Waals surface area contributed by atoms with E-state index in [1.165, 1.54) is 6.08 Å². The quantitative estimate of drug-likeness (QED) is 0.244. The third-order valence-electron chi connectivity index (χ3n) is 6.92. The van der Waals surface area contributed by atoms with Gasteiger partial charge in [0.1, 0.15) is 17.3 Å². The molecule has 0 radical (unpaired) electrons. The minimum absolute atomic E-state index is 0.00251. The van der Waals surface area contributed by atoms with Crippen LogP contribution in [0.2, 0.25) is 5.02 Å². The molecule has 2 aromatic carbocycles. The van der Waals surface area contributed by atoms with Crippen molar-refractivity contribution in [2.24, 2.45) is 0 Å². The van der Waals surface area contributed by atoms with E-state index in [1.54, 1.807) is 30.5 Å². The average Bonchev–Trinajstić information content (AvgIpc) is 3.01. The minimum atomic E-state index is -0.403. The van der Waals surface area contributed by atoms with Crippen molar-refractivity contribution in [3.63, 3.8) is 0 Å². The first-order valence-corrected chi connectivity index (χ1v) is 14.2. The fraction of sp³-hybridized carbons (Fsp3) is 0.323. The number of hydrogen-bond acceptors (Lipinski definition) is 7. The van der Waals surface area contributed by atoms with Crippen molar-refractivity contribution < 1.29 is 23.9 Å². The van der Waals surface area contributed by atoms with Crippen LogP contribution in [0.5, 0.6) is 11.5 Å². The van der Waals surface area contributed by atoms with Crippen LogP contribution in [0.25, 0.3) is 6.08 Å². The van der Waals surface area contributed by atoms with Crippen LogP contribution in [0.3, 0.4) is 0 Å². The van der Waals surface area contributed by atoms with Crippen LogP contribution in [-0.2, 0) is 14.4 Å². The molecule has 2 saturated heterocycles. The summed E-state index contributed by atoms with van der Waals surface area (Å²) < 4.78 is 11.2. The lowest BCUT2D eigenvalue weighted by atomic mass is 10.0. The maximum Gasteiger partial charge on any atom is 0.267 e. The summed E-state index contributed by atoms with van der Waals surface area (Å²) in [5.74, 6) is 1.62. The molecular weight excluding hydrogens is 544 g/mol. The molecule has 2 fully saturated rings. The second-order valence-electron chi connectivity index (χ2n) is 9.96. The fourth-order valence-corrected chi connectivity index (χ4v) is 4.91. The predicted molar refractivity (Wildman–Crippen MR) is 157 cm³/mol. The second-order valence-corrected chi connectivity index (χ2v) is 10.4. The van der Waals surface area contributed by atoms with Crippen LogP contribution in [0, 0.1) is 0 Å². The van der Waals surface area contributed by atoms with Gasteiger partial charge in [-0.15, -0.1) is 0 Å². The first-order valence-electron chi connectivity index (χ1n) is 13.8. The number of likely N-dealkylation sites (tertiary alicyclic amines) is 1. The summed E-state index contributed by atoms with van der Waals surface area (Å²) in [6.45, 7) is 1.89. The topological polar surface area (TPSA) is 102 Å². The number of hydrogen-bond donors (Lipinski definition) is 2. The van der Waals surface area contributed by atoms with E-state index in [1.807, 2.05) is 47.4 Å². The number of carbonyl (C=O) groups excluding carboxylic acids is 2. The van der Waals surface area contributed by atoms with Crippen molar-refractivity contribution in [1.82, 2.24) is 15.4 Å². The third kappa shape index (κ3) is 8.29. The molecule has 0 spiro atoms. The van der Waals surface area contributed by atoms with Gasteiger partial charge >= 0.3 is 0 Å². The summed E-state index contributed by atoms with van der Waals surface area (Å²) in [5, 5.41) is 3.85. The van der Waals surface area contributed by atoms with Crippen LogP contribution < -0.4 is 15.5 Å². The molecule has 0 aliphatic carbocycles. The first-order chi connectivity index (χ1) is 20.0. The Morgan fingerprint density at radius 3 is 2.46 bits per heavy atom. The maximum atomic E-state index is 13.0. The van der Waals surface area contributed by atoms with Crippen molar-refractivity contribution >= 4 is 35.3 Å². The molecule has 3 heterocycles. The van der Waals surface area contributed by atoms with E-state index in [-0.39, 0.29) is 11.9 Å². The highest BCUT2D eigenvalue weighted by Crippen LogP contribution is 2.25. The smallest absolute Gasteiger partial charge is 0.267 e. The molecule has 3 aromatic rings. The zero-order valence-electron chi connectivity index (χ0n) is 22.6. The normalized spacial score (nSPS) is 17.8. The lowest BCUT2D eigenvalue weighted by Gasteiger charge is -2.33. The molecule has 214 valence electrons. The van der Waals surface area contributed by atoms with Gasteiger partial charge < -0.3 is 19.7 Å². The molecule has 2 N–H and O–H groups in total. The van der Waals surface area contributed by atoms with Gasteiger partial charge in [-0.2, -0.15) is 0 Å². The zero-order valence-corrected chi connectivity index (χ0v) is 23.4. The number of anilines is 1. The number of halogens is 1. The monoisotopic (exact) mass is 576 g/mol. The third-order valence-corrected chi connectivity index (χ3v) is 7.21. The molecule has 0 bridgehead atoms. The van der Waals surface area contributed by atoms with Crippen LogP contribution >= 0.6 is 11.6 Å². The van der Waals surface area contributed by atoms with Gasteiger partial charge in [0.15, 0.2) is 6.29 Å². The summed E-state index contributed by atoms with van der Waals surface area (Å²) in [6.07, 6.45) is 8.54. The molecule has 1 unspecified atom stereocenters. The highest BCUT2D eigenvalue weighted by molar-refractivity contribution is 6.33. The van der Waals surface area contributed by atoms with Gasteiger partial charge in [0.25, 0.3) is 11.8 Å². The minimum Gasteiger partial charge on any atom is -0.457 e. The van der Waals surface area contributed by atoms with Crippen molar-refractivity contribution in [3.8, 4) is 11.5 Å². The molecule has 0 saturated carbocycles. The Morgan fingerprint density at radius 1 is 1.00 bits per heavy atom. The molecular formula is C31H33ClN4O5. The van der Waals surface area contributed by atoms with E-state index >= 15 is 0 Å². The van der Waals surface area contributed by atoms with Crippen molar-refractivity contribution in [2.75, 3.05) is 25.0 Å². The summed E-state index contributed by atoms with van der Waals surface area (Å²) >= 11 is 6.47. The van der Waals surface area contributed by atoms with Gasteiger partial charge in [-0.3, -0.25) is 9.59 Å². The zero-order chi connectivity index (χ0) is 28.4. The van der Waals surface area contributed by atoms with Crippen LogP contribution in [0.15, 0.2) is 72.9 Å². The van der Waals surface area contributed by atoms with E-state index in [0.717, 1.165) is 37.9 Å². The largest absolute Gasteiger partial charge is 0.457 e. The van der Waals surface area contributed by atoms with E-state index in [0.29, 0.717) is 47.4 Å². The average molecular weight is 577 g/mol. The summed E-state index contributed by atoms with van der Waals surface area (Å²) in [7, 11) is 0. The van der Waals surface area contributed by atoms with Gasteiger partial charge in [-0.25, -0.2) is 15.3 Å². The second kappa shape index (κ2) is 14.1. The van der Waals surface area contributed by atoms with Crippen LogP contribution in [0.4, 0.5) is 5.82 Å².